The van der Waals surface area contributed by atoms with Crippen LogP contribution in [0.15, 0.2) is 58.9 Å². The summed E-state index contributed by atoms with van der Waals surface area (Å²) in [6.45, 7) is 0. The van der Waals surface area contributed by atoms with Crippen LogP contribution in [0.1, 0.15) is 28.8 Å². The van der Waals surface area contributed by atoms with Gasteiger partial charge in [-0.2, -0.15) is 0 Å². The van der Waals surface area contributed by atoms with E-state index in [1.807, 2.05) is 18.2 Å². The SMILES string of the molecule is O=C(Nc1nnc(SCc2ccccc2)s1)c1ccc(NC(=O)C2CC2)cc1. The number of amides is 2. The van der Waals surface area contributed by atoms with Crippen molar-refractivity contribution in [2.75, 3.05) is 10.6 Å². The normalized spacial score (nSPS) is 13.1. The van der Waals surface area contributed by atoms with Crippen LogP contribution >= 0.6 is 23.1 Å². The number of hydrogen-bond acceptors (Lipinski definition) is 6. The minimum Gasteiger partial charge on any atom is -0.326 e. The van der Waals surface area contributed by atoms with Crippen LogP contribution in [0, 0.1) is 5.92 Å². The van der Waals surface area contributed by atoms with Crippen molar-refractivity contribution in [3.8, 4) is 0 Å². The molecule has 3 aromatic rings. The standard InChI is InChI=1S/C20H18N4O2S2/c25-17(14-6-7-14)21-16-10-8-15(9-11-16)18(26)22-19-23-24-20(28-19)27-12-13-4-2-1-3-5-13/h1-5,8-11,14H,6-7,12H2,(H,21,25)(H,22,23,26). The van der Waals surface area contributed by atoms with Crippen molar-refractivity contribution in [2.24, 2.45) is 5.92 Å². The predicted octanol–water partition coefficient (Wildman–Crippen LogP) is 4.43. The third-order valence-electron chi connectivity index (χ3n) is 4.19. The maximum Gasteiger partial charge on any atom is 0.257 e. The van der Waals surface area contributed by atoms with E-state index in [-0.39, 0.29) is 17.7 Å². The average molecular weight is 411 g/mol. The van der Waals surface area contributed by atoms with E-state index < -0.39 is 0 Å². The van der Waals surface area contributed by atoms with Crippen molar-refractivity contribution in [2.45, 2.75) is 22.9 Å². The van der Waals surface area contributed by atoms with Crippen LogP contribution in [0.3, 0.4) is 0 Å². The molecule has 142 valence electrons. The number of thioether (sulfide) groups is 1. The van der Waals surface area contributed by atoms with Gasteiger partial charge >= 0.3 is 0 Å². The van der Waals surface area contributed by atoms with Gasteiger partial charge in [0.15, 0.2) is 4.34 Å². The zero-order valence-electron chi connectivity index (χ0n) is 14.9. The monoisotopic (exact) mass is 410 g/mol. The summed E-state index contributed by atoms with van der Waals surface area (Å²) in [6.07, 6.45) is 1.92. The first-order valence-corrected chi connectivity index (χ1v) is 10.7. The highest BCUT2D eigenvalue weighted by atomic mass is 32.2. The van der Waals surface area contributed by atoms with Gasteiger partial charge in [0.2, 0.25) is 11.0 Å². The van der Waals surface area contributed by atoms with E-state index in [1.165, 1.54) is 16.9 Å². The molecule has 0 atom stereocenters. The van der Waals surface area contributed by atoms with Gasteiger partial charge in [0.1, 0.15) is 0 Å². The third-order valence-corrected chi connectivity index (χ3v) is 6.24. The van der Waals surface area contributed by atoms with Crippen LogP contribution in [0.25, 0.3) is 0 Å². The summed E-state index contributed by atoms with van der Waals surface area (Å²) in [5.41, 5.74) is 2.41. The lowest BCUT2D eigenvalue weighted by atomic mass is 10.2. The molecule has 1 heterocycles. The van der Waals surface area contributed by atoms with Crippen LogP contribution in [-0.4, -0.2) is 22.0 Å². The summed E-state index contributed by atoms with van der Waals surface area (Å²) in [4.78, 5) is 24.2. The van der Waals surface area contributed by atoms with Gasteiger partial charge in [0.05, 0.1) is 0 Å². The number of nitrogens with one attached hydrogen (secondary N) is 2. The Morgan fingerprint density at radius 3 is 2.46 bits per heavy atom. The summed E-state index contributed by atoms with van der Waals surface area (Å²) in [5.74, 6) is 0.744. The van der Waals surface area contributed by atoms with Crippen molar-refractivity contribution in [1.29, 1.82) is 0 Å². The van der Waals surface area contributed by atoms with Gasteiger partial charge in [-0.15, -0.1) is 10.2 Å². The molecule has 1 aromatic heterocycles. The Labute approximate surface area is 170 Å². The van der Waals surface area contributed by atoms with Crippen LogP contribution < -0.4 is 10.6 Å². The molecule has 2 N–H and O–H groups in total. The lowest BCUT2D eigenvalue weighted by molar-refractivity contribution is -0.117. The summed E-state index contributed by atoms with van der Waals surface area (Å²) in [6, 6.07) is 17.0. The second-order valence-corrected chi connectivity index (χ2v) is 8.64. The molecule has 0 unspecified atom stereocenters. The summed E-state index contributed by atoms with van der Waals surface area (Å²) in [7, 11) is 0. The molecular formula is C20H18N4O2S2. The lowest BCUT2D eigenvalue weighted by Crippen LogP contribution is -2.14. The van der Waals surface area contributed by atoms with Crippen LogP contribution in [0.5, 0.6) is 0 Å². The minimum absolute atomic E-state index is 0.0478. The van der Waals surface area contributed by atoms with E-state index >= 15 is 0 Å². The maximum absolute atomic E-state index is 12.4. The predicted molar refractivity (Wildman–Crippen MR) is 112 cm³/mol. The van der Waals surface area contributed by atoms with Gasteiger partial charge < -0.3 is 5.32 Å². The van der Waals surface area contributed by atoms with Crippen LogP contribution in [0.2, 0.25) is 0 Å². The minimum atomic E-state index is -0.254. The molecule has 0 radical (unpaired) electrons. The van der Waals surface area contributed by atoms with Gasteiger partial charge in [-0.1, -0.05) is 53.4 Å². The first-order valence-electron chi connectivity index (χ1n) is 8.90. The molecule has 2 amide bonds. The lowest BCUT2D eigenvalue weighted by Gasteiger charge is -2.05. The van der Waals surface area contributed by atoms with Gasteiger partial charge in [-0.05, 0) is 42.7 Å². The molecule has 28 heavy (non-hydrogen) atoms. The fraction of sp³-hybridized carbons (Fsp3) is 0.200. The smallest absolute Gasteiger partial charge is 0.257 e. The molecule has 1 aliphatic carbocycles. The molecular weight excluding hydrogens is 392 g/mol. The van der Waals surface area contributed by atoms with Crippen molar-refractivity contribution in [3.63, 3.8) is 0 Å². The molecule has 0 spiro atoms. The molecule has 0 saturated heterocycles. The summed E-state index contributed by atoms with van der Waals surface area (Å²) >= 11 is 2.93. The number of nitrogens with zero attached hydrogens (tertiary/aromatic N) is 2. The number of rotatable bonds is 7. The molecule has 8 heteroatoms. The van der Waals surface area contributed by atoms with Crippen molar-refractivity contribution >= 4 is 45.7 Å². The molecule has 0 bridgehead atoms. The van der Waals surface area contributed by atoms with Gasteiger partial charge in [-0.25, -0.2) is 0 Å². The topological polar surface area (TPSA) is 84.0 Å². The Morgan fingerprint density at radius 1 is 1.00 bits per heavy atom. The average Bonchev–Trinajstić information content (AvgIpc) is 3.48. The van der Waals surface area contributed by atoms with E-state index in [1.54, 1.807) is 36.0 Å². The number of hydrogen-bond donors (Lipinski definition) is 2. The highest BCUT2D eigenvalue weighted by molar-refractivity contribution is 8.00. The van der Waals surface area contributed by atoms with Gasteiger partial charge in [-0.3, -0.25) is 14.9 Å². The molecule has 1 fully saturated rings. The Morgan fingerprint density at radius 2 is 1.75 bits per heavy atom. The van der Waals surface area contributed by atoms with Gasteiger partial charge in [0, 0.05) is 22.9 Å². The Kier molecular flexibility index (Phi) is 5.68. The molecule has 4 rings (SSSR count). The van der Waals surface area contributed by atoms with E-state index in [0.29, 0.717) is 16.4 Å². The number of aromatic nitrogens is 2. The number of carbonyl (C=O) groups excluding carboxylic acids is 2. The van der Waals surface area contributed by atoms with E-state index in [0.717, 1.165) is 22.9 Å². The van der Waals surface area contributed by atoms with Crippen molar-refractivity contribution < 1.29 is 9.59 Å². The molecule has 1 saturated carbocycles. The van der Waals surface area contributed by atoms with E-state index in [9.17, 15) is 9.59 Å². The highest BCUT2D eigenvalue weighted by Gasteiger charge is 2.29. The maximum atomic E-state index is 12.4. The molecule has 6 nitrogen and oxygen atoms in total. The third kappa shape index (κ3) is 4.96. The van der Waals surface area contributed by atoms with Gasteiger partial charge in [0.25, 0.3) is 5.91 Å². The number of anilines is 2. The van der Waals surface area contributed by atoms with E-state index in [4.69, 9.17) is 0 Å². The summed E-state index contributed by atoms with van der Waals surface area (Å²) < 4.78 is 0.803. The Bertz CT molecular complexity index is 969. The van der Waals surface area contributed by atoms with Crippen LogP contribution in [-0.2, 0) is 10.5 Å². The quantitative estimate of drug-likeness (QED) is 0.445. The highest BCUT2D eigenvalue weighted by Crippen LogP contribution is 2.30. The second-order valence-electron chi connectivity index (χ2n) is 6.44. The molecule has 0 aliphatic heterocycles. The number of carbonyl (C=O) groups is 2. The van der Waals surface area contributed by atoms with Crippen LogP contribution in [0.4, 0.5) is 10.8 Å². The fourth-order valence-corrected chi connectivity index (χ4v) is 4.20. The number of benzene rings is 2. The van der Waals surface area contributed by atoms with E-state index in [2.05, 4.69) is 33.0 Å². The molecule has 2 aromatic carbocycles. The zero-order chi connectivity index (χ0) is 19.3. The Balaban J connectivity index is 1.30. The first-order chi connectivity index (χ1) is 13.7. The zero-order valence-corrected chi connectivity index (χ0v) is 16.6. The summed E-state index contributed by atoms with van der Waals surface area (Å²) in [5, 5.41) is 14.2. The first kappa shape index (κ1) is 18.6. The van der Waals surface area contributed by atoms with Crippen molar-refractivity contribution in [1.82, 2.24) is 10.2 Å². The second kappa shape index (κ2) is 8.53. The largest absolute Gasteiger partial charge is 0.326 e. The molecule has 1 aliphatic rings. The Hall–Kier alpha value is -2.71. The fourth-order valence-electron chi connectivity index (χ4n) is 2.50. The van der Waals surface area contributed by atoms with Crippen molar-refractivity contribution in [3.05, 3.63) is 65.7 Å².